The topological polar surface area (TPSA) is 43.4 Å². The number of ether oxygens (including phenoxy) is 1. The van der Waals surface area contributed by atoms with Gasteiger partial charge in [0.15, 0.2) is 0 Å². The Morgan fingerprint density at radius 2 is 0.500 bits per heavy atom. The monoisotopic (exact) mass is 537 g/mol. The van der Waals surface area contributed by atoms with Crippen LogP contribution in [-0.4, -0.2) is 11.9 Å². The first-order valence-electron chi connectivity index (χ1n) is 17.4. The lowest BCUT2D eigenvalue weighted by molar-refractivity contribution is -0.159. The van der Waals surface area contributed by atoms with Crippen LogP contribution in [0.1, 0.15) is 213 Å². The molecule has 0 aliphatic heterocycles. The van der Waals surface area contributed by atoms with E-state index in [1.807, 2.05) is 0 Å². The molecule has 38 heavy (non-hydrogen) atoms. The number of esters is 2. The lowest BCUT2D eigenvalue weighted by Crippen LogP contribution is -2.11. The molecular weight excluding hydrogens is 468 g/mol. The number of unbranched alkanes of at least 4 members (excludes halogenated alkanes) is 27. The average molecular weight is 537 g/mol. The maximum atomic E-state index is 11.9. The van der Waals surface area contributed by atoms with Crippen LogP contribution in [0, 0.1) is 0 Å². The Hall–Kier alpha value is -0.860. The summed E-state index contributed by atoms with van der Waals surface area (Å²) >= 11 is 0. The minimum atomic E-state index is -0.324. The van der Waals surface area contributed by atoms with Crippen LogP contribution in [0.25, 0.3) is 0 Å². The average Bonchev–Trinajstić information content (AvgIpc) is 2.91. The first-order chi connectivity index (χ1) is 18.7. The zero-order valence-electron chi connectivity index (χ0n) is 26.1. The number of carbonyl (C=O) groups is 2. The van der Waals surface area contributed by atoms with Crippen molar-refractivity contribution in [3.63, 3.8) is 0 Å². The van der Waals surface area contributed by atoms with Crippen LogP contribution in [0.4, 0.5) is 0 Å². The highest BCUT2D eigenvalue weighted by atomic mass is 16.6. The number of carbonyl (C=O) groups excluding carboxylic acids is 2. The molecule has 0 N–H and O–H groups in total. The number of hydrogen-bond acceptors (Lipinski definition) is 3. The van der Waals surface area contributed by atoms with Crippen LogP contribution in [0.5, 0.6) is 0 Å². The van der Waals surface area contributed by atoms with Crippen molar-refractivity contribution in [2.24, 2.45) is 0 Å². The van der Waals surface area contributed by atoms with Crippen molar-refractivity contribution in [3.8, 4) is 0 Å². The number of hydrogen-bond donors (Lipinski definition) is 0. The zero-order chi connectivity index (χ0) is 27.8. The fraction of sp³-hybridized carbons (Fsp3) is 0.943. The molecule has 0 bridgehead atoms. The highest BCUT2D eigenvalue weighted by Gasteiger charge is 2.09. The van der Waals surface area contributed by atoms with E-state index in [9.17, 15) is 9.59 Å². The fourth-order valence-electron chi connectivity index (χ4n) is 5.33. The van der Waals surface area contributed by atoms with Crippen LogP contribution in [0.3, 0.4) is 0 Å². The predicted octanol–water partition coefficient (Wildman–Crippen LogP) is 12.2. The first-order valence-corrected chi connectivity index (χ1v) is 17.4. The summed E-state index contributed by atoms with van der Waals surface area (Å²) in [6.07, 6.45) is 38.6. The van der Waals surface area contributed by atoms with Gasteiger partial charge < -0.3 is 4.74 Å². The second kappa shape index (κ2) is 32.4. The van der Waals surface area contributed by atoms with Crippen molar-refractivity contribution in [1.82, 2.24) is 0 Å². The molecule has 0 amide bonds. The molecule has 0 aromatic rings. The molecule has 0 aromatic carbocycles. The van der Waals surface area contributed by atoms with E-state index in [-0.39, 0.29) is 11.9 Å². The third-order valence-corrected chi connectivity index (χ3v) is 7.95. The maximum absolute atomic E-state index is 11.9. The van der Waals surface area contributed by atoms with Crippen molar-refractivity contribution in [2.75, 3.05) is 0 Å². The summed E-state index contributed by atoms with van der Waals surface area (Å²) in [5, 5.41) is 0. The standard InChI is InChI=1S/C35H68O3/c1-3-5-7-9-11-13-15-17-19-21-23-25-27-29-31-33-35(37)38-34(36)32-30-28-26-24-22-20-18-16-14-12-10-8-6-4-2/h3-33H2,1-2H3. The number of rotatable bonds is 31. The Morgan fingerprint density at radius 1 is 0.316 bits per heavy atom. The van der Waals surface area contributed by atoms with Crippen molar-refractivity contribution in [3.05, 3.63) is 0 Å². The molecule has 0 spiro atoms. The summed E-state index contributed by atoms with van der Waals surface area (Å²) in [6, 6.07) is 0. The van der Waals surface area contributed by atoms with Gasteiger partial charge in [-0.15, -0.1) is 0 Å². The van der Waals surface area contributed by atoms with Gasteiger partial charge in [-0.1, -0.05) is 187 Å². The minimum absolute atomic E-state index is 0.324. The van der Waals surface area contributed by atoms with E-state index < -0.39 is 0 Å². The molecule has 0 heterocycles. The molecule has 0 aliphatic carbocycles. The minimum Gasteiger partial charge on any atom is -0.393 e. The van der Waals surface area contributed by atoms with Crippen molar-refractivity contribution < 1.29 is 14.3 Å². The van der Waals surface area contributed by atoms with E-state index in [2.05, 4.69) is 13.8 Å². The maximum Gasteiger partial charge on any atom is 0.313 e. The van der Waals surface area contributed by atoms with Crippen molar-refractivity contribution >= 4 is 11.9 Å². The van der Waals surface area contributed by atoms with E-state index >= 15 is 0 Å². The summed E-state index contributed by atoms with van der Waals surface area (Å²) in [5.74, 6) is -0.648. The molecule has 0 fully saturated rings. The molecule has 0 saturated heterocycles. The molecular formula is C35H68O3. The molecule has 3 heteroatoms. The molecule has 226 valence electrons. The van der Waals surface area contributed by atoms with Crippen LogP contribution < -0.4 is 0 Å². The van der Waals surface area contributed by atoms with E-state index in [0.717, 1.165) is 25.7 Å². The molecule has 3 nitrogen and oxygen atoms in total. The third-order valence-electron chi connectivity index (χ3n) is 7.95. The van der Waals surface area contributed by atoms with E-state index in [4.69, 9.17) is 4.74 Å². The first kappa shape index (κ1) is 37.1. The fourth-order valence-corrected chi connectivity index (χ4v) is 5.33. The Labute approximate surface area is 239 Å². The summed E-state index contributed by atoms with van der Waals surface area (Å²) in [4.78, 5) is 23.8. The Kier molecular flexibility index (Phi) is 31.6. The molecule has 0 rings (SSSR count). The summed E-state index contributed by atoms with van der Waals surface area (Å²) < 4.78 is 5.01. The smallest absolute Gasteiger partial charge is 0.313 e. The Balaban J connectivity index is 3.28. The van der Waals surface area contributed by atoms with Crippen LogP contribution in [-0.2, 0) is 14.3 Å². The Morgan fingerprint density at radius 3 is 0.711 bits per heavy atom. The van der Waals surface area contributed by atoms with Crippen LogP contribution in [0.15, 0.2) is 0 Å². The van der Waals surface area contributed by atoms with Gasteiger partial charge in [-0.05, 0) is 12.8 Å². The van der Waals surface area contributed by atoms with Gasteiger partial charge >= 0.3 is 11.9 Å². The van der Waals surface area contributed by atoms with E-state index in [0.29, 0.717) is 12.8 Å². The van der Waals surface area contributed by atoms with Crippen molar-refractivity contribution in [2.45, 2.75) is 213 Å². The van der Waals surface area contributed by atoms with Gasteiger partial charge in [0, 0.05) is 12.8 Å². The lowest BCUT2D eigenvalue weighted by Gasteiger charge is -2.05. The van der Waals surface area contributed by atoms with E-state index in [1.165, 1.54) is 161 Å². The molecule has 0 unspecified atom stereocenters. The largest absolute Gasteiger partial charge is 0.393 e. The highest BCUT2D eigenvalue weighted by Crippen LogP contribution is 2.15. The van der Waals surface area contributed by atoms with Gasteiger partial charge in [0.05, 0.1) is 0 Å². The highest BCUT2D eigenvalue weighted by molar-refractivity contribution is 5.85. The molecule has 0 radical (unpaired) electrons. The molecule has 0 saturated carbocycles. The quantitative estimate of drug-likeness (QED) is 0.0502. The normalized spacial score (nSPS) is 11.2. The van der Waals surface area contributed by atoms with Gasteiger partial charge in [-0.2, -0.15) is 0 Å². The SMILES string of the molecule is CCCCCCCCCCCCCCCCCC(=O)OC(=O)CCCCCCCCCCCCCCCC. The third kappa shape index (κ3) is 31.4. The van der Waals surface area contributed by atoms with Gasteiger partial charge in [0.2, 0.25) is 0 Å². The Bertz CT molecular complexity index is 488. The van der Waals surface area contributed by atoms with Gasteiger partial charge in [0.1, 0.15) is 0 Å². The summed E-state index contributed by atoms with van der Waals surface area (Å²) in [7, 11) is 0. The second-order valence-corrected chi connectivity index (χ2v) is 11.9. The second-order valence-electron chi connectivity index (χ2n) is 11.9. The zero-order valence-corrected chi connectivity index (χ0v) is 26.1. The van der Waals surface area contributed by atoms with Gasteiger partial charge in [0.25, 0.3) is 0 Å². The lowest BCUT2D eigenvalue weighted by atomic mass is 10.0. The van der Waals surface area contributed by atoms with Crippen molar-refractivity contribution in [1.29, 1.82) is 0 Å². The van der Waals surface area contributed by atoms with E-state index in [1.54, 1.807) is 0 Å². The van der Waals surface area contributed by atoms with Gasteiger partial charge in [-0.25, -0.2) is 0 Å². The molecule has 0 aliphatic rings. The summed E-state index contributed by atoms with van der Waals surface area (Å²) in [5.41, 5.74) is 0. The van der Waals surface area contributed by atoms with Gasteiger partial charge in [-0.3, -0.25) is 9.59 Å². The van der Waals surface area contributed by atoms with Crippen LogP contribution in [0.2, 0.25) is 0 Å². The predicted molar refractivity (Wildman–Crippen MR) is 166 cm³/mol. The summed E-state index contributed by atoms with van der Waals surface area (Å²) in [6.45, 7) is 4.55. The molecule has 0 aromatic heterocycles. The van der Waals surface area contributed by atoms with Crippen LogP contribution >= 0.6 is 0 Å². The molecule has 0 atom stereocenters.